The molecule has 102 valence electrons. The molecule has 0 unspecified atom stereocenters. The molecule has 0 bridgehead atoms. The van der Waals surface area contributed by atoms with Crippen molar-refractivity contribution in [3.63, 3.8) is 0 Å². The summed E-state index contributed by atoms with van der Waals surface area (Å²) < 4.78 is 3.46. The number of hydrogen-bond donors (Lipinski definition) is 1. The Balaban J connectivity index is 1.86. The van der Waals surface area contributed by atoms with E-state index in [4.69, 9.17) is 0 Å². The Morgan fingerprint density at radius 3 is 3.05 bits per heavy atom. The molecule has 0 aliphatic carbocycles. The van der Waals surface area contributed by atoms with Crippen LogP contribution in [0.4, 0.5) is 0 Å². The van der Waals surface area contributed by atoms with Gasteiger partial charge in [0.15, 0.2) is 0 Å². The Morgan fingerprint density at radius 1 is 1.58 bits per heavy atom. The molecule has 0 radical (unpaired) electrons. The Bertz CT molecular complexity index is 626. The molecule has 7 heteroatoms. The van der Waals surface area contributed by atoms with Crippen molar-refractivity contribution in [2.24, 2.45) is 0 Å². The standard InChI is InChI=1S/C12H13BrIN3OS/c1-8-11(14)12(18)17(7-16-8)3-2-15-5-10-4-9(13)6-19-10/h4,6-7,15H,2-3,5H2,1H3. The maximum Gasteiger partial charge on any atom is 0.267 e. The third kappa shape index (κ3) is 4.11. The van der Waals surface area contributed by atoms with Crippen LogP contribution in [0.5, 0.6) is 0 Å². The first-order valence-electron chi connectivity index (χ1n) is 5.73. The Hall–Kier alpha value is -0.250. The Labute approximate surface area is 137 Å². The van der Waals surface area contributed by atoms with E-state index in [9.17, 15) is 4.79 Å². The smallest absolute Gasteiger partial charge is 0.267 e. The van der Waals surface area contributed by atoms with E-state index in [1.54, 1.807) is 22.2 Å². The lowest BCUT2D eigenvalue weighted by Gasteiger charge is -2.07. The summed E-state index contributed by atoms with van der Waals surface area (Å²) >= 11 is 7.19. The van der Waals surface area contributed by atoms with Crippen molar-refractivity contribution in [1.82, 2.24) is 14.9 Å². The van der Waals surface area contributed by atoms with Gasteiger partial charge in [-0.05, 0) is 51.5 Å². The van der Waals surface area contributed by atoms with Gasteiger partial charge in [0, 0.05) is 34.4 Å². The second-order valence-corrected chi connectivity index (χ2v) is 7.04. The second kappa shape index (κ2) is 6.96. The number of rotatable bonds is 5. The molecule has 4 nitrogen and oxygen atoms in total. The summed E-state index contributed by atoms with van der Waals surface area (Å²) in [6.07, 6.45) is 1.61. The van der Waals surface area contributed by atoms with Gasteiger partial charge in [0.05, 0.1) is 15.6 Å². The molecule has 0 saturated heterocycles. The highest BCUT2D eigenvalue weighted by atomic mass is 127. The number of nitrogens with zero attached hydrogens (tertiary/aromatic N) is 2. The first kappa shape index (κ1) is 15.1. The van der Waals surface area contributed by atoms with Crippen LogP contribution in [-0.4, -0.2) is 16.1 Å². The zero-order valence-corrected chi connectivity index (χ0v) is 14.9. The number of aryl methyl sites for hydroxylation is 1. The third-order valence-electron chi connectivity index (χ3n) is 2.61. The van der Waals surface area contributed by atoms with Crippen molar-refractivity contribution in [2.45, 2.75) is 20.0 Å². The minimum Gasteiger partial charge on any atom is -0.310 e. The minimum absolute atomic E-state index is 0.0359. The molecule has 0 fully saturated rings. The number of hydrogen-bond acceptors (Lipinski definition) is 4. The molecule has 1 N–H and O–H groups in total. The van der Waals surface area contributed by atoms with Gasteiger partial charge in [0.2, 0.25) is 0 Å². The van der Waals surface area contributed by atoms with Crippen molar-refractivity contribution in [3.05, 3.63) is 46.7 Å². The van der Waals surface area contributed by atoms with E-state index < -0.39 is 0 Å². The van der Waals surface area contributed by atoms with E-state index in [1.807, 2.05) is 29.5 Å². The molecular formula is C12H13BrIN3OS. The summed E-state index contributed by atoms with van der Waals surface area (Å²) in [5.41, 5.74) is 0.826. The summed E-state index contributed by atoms with van der Waals surface area (Å²) in [7, 11) is 0. The summed E-state index contributed by atoms with van der Waals surface area (Å²) in [6, 6.07) is 2.10. The van der Waals surface area contributed by atoms with Crippen molar-refractivity contribution in [1.29, 1.82) is 0 Å². The van der Waals surface area contributed by atoms with E-state index >= 15 is 0 Å². The fourth-order valence-corrected chi connectivity index (χ4v) is 3.43. The lowest BCUT2D eigenvalue weighted by atomic mass is 10.4. The second-order valence-electron chi connectivity index (χ2n) is 4.05. The summed E-state index contributed by atoms with van der Waals surface area (Å²) in [5, 5.41) is 5.39. The number of aromatic nitrogens is 2. The molecule has 0 aromatic carbocycles. The predicted octanol–water partition coefficient (Wildman–Crippen LogP) is 2.77. The fraction of sp³-hybridized carbons (Fsp3) is 0.333. The number of halogens is 2. The highest BCUT2D eigenvalue weighted by Gasteiger charge is 2.04. The third-order valence-corrected chi connectivity index (χ3v) is 5.55. The van der Waals surface area contributed by atoms with Gasteiger partial charge in [-0.15, -0.1) is 11.3 Å². The van der Waals surface area contributed by atoms with Crippen molar-refractivity contribution in [2.75, 3.05) is 6.54 Å². The first-order chi connectivity index (χ1) is 9.08. The lowest BCUT2D eigenvalue weighted by Crippen LogP contribution is -2.29. The predicted molar refractivity (Wildman–Crippen MR) is 89.7 cm³/mol. The fourth-order valence-electron chi connectivity index (χ4n) is 1.56. The zero-order chi connectivity index (χ0) is 13.8. The van der Waals surface area contributed by atoms with Crippen LogP contribution in [0, 0.1) is 10.5 Å². The van der Waals surface area contributed by atoms with Crippen LogP contribution in [0.3, 0.4) is 0 Å². The van der Waals surface area contributed by atoms with Gasteiger partial charge in [-0.2, -0.15) is 0 Å². The molecule has 19 heavy (non-hydrogen) atoms. The van der Waals surface area contributed by atoms with Crippen LogP contribution in [0.2, 0.25) is 0 Å². The molecule has 2 aromatic heterocycles. The van der Waals surface area contributed by atoms with Crippen LogP contribution in [0.25, 0.3) is 0 Å². The quantitative estimate of drug-likeness (QED) is 0.559. The Kier molecular flexibility index (Phi) is 5.55. The monoisotopic (exact) mass is 453 g/mol. The van der Waals surface area contributed by atoms with Crippen LogP contribution < -0.4 is 10.9 Å². The minimum atomic E-state index is 0.0359. The zero-order valence-electron chi connectivity index (χ0n) is 10.3. The molecule has 2 rings (SSSR count). The van der Waals surface area contributed by atoms with Gasteiger partial charge in [0.1, 0.15) is 0 Å². The van der Waals surface area contributed by atoms with Gasteiger partial charge in [-0.1, -0.05) is 0 Å². The van der Waals surface area contributed by atoms with Crippen LogP contribution >= 0.6 is 49.9 Å². The van der Waals surface area contributed by atoms with Gasteiger partial charge >= 0.3 is 0 Å². The molecule has 2 aromatic rings. The number of thiophene rings is 1. The highest BCUT2D eigenvalue weighted by molar-refractivity contribution is 14.1. The molecular weight excluding hydrogens is 441 g/mol. The highest BCUT2D eigenvalue weighted by Crippen LogP contribution is 2.19. The van der Waals surface area contributed by atoms with Gasteiger partial charge in [-0.25, -0.2) is 4.98 Å². The topological polar surface area (TPSA) is 46.9 Å². The van der Waals surface area contributed by atoms with Gasteiger partial charge in [-0.3, -0.25) is 9.36 Å². The Morgan fingerprint density at radius 2 is 2.37 bits per heavy atom. The SMILES string of the molecule is Cc1ncn(CCNCc2cc(Br)cs2)c(=O)c1I. The normalized spacial score (nSPS) is 10.9. The molecule has 0 aliphatic heterocycles. The van der Waals surface area contributed by atoms with Crippen LogP contribution in [-0.2, 0) is 13.1 Å². The molecule has 0 amide bonds. The lowest BCUT2D eigenvalue weighted by molar-refractivity contribution is 0.577. The largest absolute Gasteiger partial charge is 0.310 e. The molecule has 2 heterocycles. The molecule has 0 aliphatic rings. The van der Waals surface area contributed by atoms with Gasteiger partial charge in [0.25, 0.3) is 5.56 Å². The molecule has 0 spiro atoms. The summed E-state index contributed by atoms with van der Waals surface area (Å²) in [6.45, 7) is 4.05. The van der Waals surface area contributed by atoms with Crippen molar-refractivity contribution >= 4 is 49.9 Å². The van der Waals surface area contributed by atoms with Crippen molar-refractivity contribution in [3.8, 4) is 0 Å². The van der Waals surface area contributed by atoms with Crippen molar-refractivity contribution < 1.29 is 0 Å². The van der Waals surface area contributed by atoms with Gasteiger partial charge < -0.3 is 5.32 Å². The van der Waals surface area contributed by atoms with E-state index in [-0.39, 0.29) is 5.56 Å². The maximum absolute atomic E-state index is 11.9. The van der Waals surface area contributed by atoms with E-state index in [2.05, 4.69) is 37.7 Å². The van der Waals surface area contributed by atoms with E-state index in [0.717, 1.165) is 23.3 Å². The maximum atomic E-state index is 11.9. The van der Waals surface area contributed by atoms with Crippen LogP contribution in [0.15, 0.2) is 27.0 Å². The molecule has 0 atom stereocenters. The molecule has 0 saturated carbocycles. The average Bonchev–Trinajstić information content (AvgIpc) is 2.80. The van der Waals surface area contributed by atoms with E-state index in [0.29, 0.717) is 10.1 Å². The average molecular weight is 454 g/mol. The first-order valence-corrected chi connectivity index (χ1v) is 8.48. The van der Waals surface area contributed by atoms with Crippen LogP contribution in [0.1, 0.15) is 10.6 Å². The number of nitrogens with one attached hydrogen (secondary N) is 1. The van der Waals surface area contributed by atoms with E-state index in [1.165, 1.54) is 4.88 Å². The summed E-state index contributed by atoms with van der Waals surface area (Å²) in [4.78, 5) is 17.4. The summed E-state index contributed by atoms with van der Waals surface area (Å²) in [5.74, 6) is 0.